The van der Waals surface area contributed by atoms with E-state index < -0.39 is 0 Å². The molecule has 0 fully saturated rings. The van der Waals surface area contributed by atoms with Gasteiger partial charge < -0.3 is 0 Å². The van der Waals surface area contributed by atoms with Gasteiger partial charge >= 0.3 is 0 Å². The predicted octanol–water partition coefficient (Wildman–Crippen LogP) is 13.1. The van der Waals surface area contributed by atoms with Crippen LogP contribution >= 0.6 is 0 Å². The monoisotopic (exact) mass is 708 g/mol. The summed E-state index contributed by atoms with van der Waals surface area (Å²) in [6, 6.07) is 54.8. The summed E-state index contributed by atoms with van der Waals surface area (Å²) in [5, 5.41) is 47.6. The fourth-order valence-corrected chi connectivity index (χ4v) is 8.96. The van der Waals surface area contributed by atoms with Crippen molar-refractivity contribution in [2.24, 2.45) is 0 Å². The largest absolute Gasteiger partial charge is 0.192 e. The van der Waals surface area contributed by atoms with Gasteiger partial charge in [-0.05, 0) is 196 Å². The zero-order chi connectivity index (χ0) is 38.2. The van der Waals surface area contributed by atoms with Gasteiger partial charge in [-0.25, -0.2) is 0 Å². The lowest BCUT2D eigenvalue weighted by molar-refractivity contribution is 1.42. The van der Waals surface area contributed by atoms with Gasteiger partial charge in [-0.1, -0.05) is 60.7 Å². The van der Waals surface area contributed by atoms with E-state index in [1.807, 2.05) is 73.7 Å². The minimum absolute atomic E-state index is 0.581. The summed E-state index contributed by atoms with van der Waals surface area (Å²) in [6.45, 7) is 4.10. The Balaban J connectivity index is 1.33. The first-order chi connectivity index (χ1) is 27.4. The lowest BCUT2D eigenvalue weighted by Crippen LogP contribution is -1.93. The van der Waals surface area contributed by atoms with Crippen LogP contribution in [0.15, 0.2) is 133 Å². The van der Waals surface area contributed by atoms with E-state index in [1.54, 1.807) is 0 Å². The average Bonchev–Trinajstić information content (AvgIpc) is 3.55. The van der Waals surface area contributed by atoms with Crippen LogP contribution in [0, 0.1) is 59.2 Å². The van der Waals surface area contributed by atoms with Crippen LogP contribution in [0.25, 0.3) is 98.7 Å². The quantitative estimate of drug-likeness (QED) is 0.171. The van der Waals surface area contributed by atoms with Crippen LogP contribution in [0.3, 0.4) is 0 Å². The van der Waals surface area contributed by atoms with Crippen molar-refractivity contribution in [3.05, 3.63) is 167 Å². The molecule has 56 heavy (non-hydrogen) atoms. The summed E-state index contributed by atoms with van der Waals surface area (Å²) < 4.78 is 0. The number of nitrogens with zero attached hydrogens (tertiary/aromatic N) is 4. The van der Waals surface area contributed by atoms with Crippen molar-refractivity contribution in [1.29, 1.82) is 21.0 Å². The molecule has 256 valence electrons. The third kappa shape index (κ3) is 4.75. The molecule has 0 amide bonds. The molecule has 1 aliphatic rings. The first kappa shape index (κ1) is 32.6. The number of rotatable bonds is 3. The van der Waals surface area contributed by atoms with Crippen LogP contribution < -0.4 is 0 Å². The minimum Gasteiger partial charge on any atom is -0.192 e. The Morgan fingerprint density at radius 3 is 1.36 bits per heavy atom. The normalized spacial score (nSPS) is 11.3. The summed E-state index contributed by atoms with van der Waals surface area (Å²) in [7, 11) is 0. The van der Waals surface area contributed by atoms with E-state index in [2.05, 4.69) is 97.9 Å². The predicted molar refractivity (Wildman–Crippen MR) is 226 cm³/mol. The van der Waals surface area contributed by atoms with Crippen molar-refractivity contribution in [3.63, 3.8) is 0 Å². The number of hydrogen-bond acceptors (Lipinski definition) is 4. The SMILES string of the molecule is Cc1cc(C#N)ccc1-c1cc2c3cc4c(cc3c(-c3ccc(C#N)cc3C)cc2c2ccc(C#N)cc12)-c1cccc2c(-c3ccc(C#N)cc3)ccc-4c12. The van der Waals surface area contributed by atoms with Crippen molar-refractivity contribution < 1.29 is 0 Å². The van der Waals surface area contributed by atoms with E-state index in [9.17, 15) is 21.0 Å². The molecule has 0 N–H and O–H groups in total. The molecule has 0 atom stereocenters. The topological polar surface area (TPSA) is 95.2 Å². The van der Waals surface area contributed by atoms with E-state index >= 15 is 0 Å². The maximum atomic E-state index is 10.0. The highest BCUT2D eigenvalue weighted by atomic mass is 14.3. The number of nitriles is 4. The lowest BCUT2D eigenvalue weighted by Gasteiger charge is -2.19. The highest BCUT2D eigenvalue weighted by molar-refractivity contribution is 6.27. The Morgan fingerprint density at radius 1 is 0.304 bits per heavy atom. The molecule has 0 heterocycles. The zero-order valence-electron chi connectivity index (χ0n) is 30.5. The first-order valence-corrected chi connectivity index (χ1v) is 18.4. The molecule has 0 radical (unpaired) electrons. The van der Waals surface area contributed by atoms with Gasteiger partial charge in [0, 0.05) is 0 Å². The summed E-state index contributed by atoms with van der Waals surface area (Å²) >= 11 is 0. The molecule has 0 aliphatic heterocycles. The van der Waals surface area contributed by atoms with Gasteiger partial charge in [-0.3, -0.25) is 0 Å². The average molecular weight is 709 g/mol. The molecule has 4 heteroatoms. The van der Waals surface area contributed by atoms with Gasteiger partial charge in [0.15, 0.2) is 0 Å². The smallest absolute Gasteiger partial charge is 0.0991 e. The van der Waals surface area contributed by atoms with Crippen molar-refractivity contribution in [2.75, 3.05) is 0 Å². The van der Waals surface area contributed by atoms with Crippen molar-refractivity contribution in [3.8, 4) is 79.9 Å². The molecule has 0 unspecified atom stereocenters. The third-order valence-corrected chi connectivity index (χ3v) is 11.6. The van der Waals surface area contributed by atoms with Gasteiger partial charge in [0.2, 0.25) is 0 Å². The molecule has 10 rings (SSSR count). The van der Waals surface area contributed by atoms with Gasteiger partial charge in [-0.2, -0.15) is 21.0 Å². The number of benzene rings is 9. The van der Waals surface area contributed by atoms with Crippen molar-refractivity contribution >= 4 is 43.1 Å². The van der Waals surface area contributed by atoms with E-state index in [4.69, 9.17) is 0 Å². The van der Waals surface area contributed by atoms with E-state index in [0.717, 1.165) is 82.2 Å². The second kappa shape index (κ2) is 12.3. The van der Waals surface area contributed by atoms with Gasteiger partial charge in [-0.15, -0.1) is 0 Å². The number of aryl methyl sites for hydroxylation is 2. The summed E-state index contributed by atoms with van der Waals surface area (Å²) in [5.74, 6) is 0. The second-order valence-electron chi connectivity index (χ2n) is 14.6. The molecule has 0 aromatic heterocycles. The second-order valence-corrected chi connectivity index (χ2v) is 14.6. The van der Waals surface area contributed by atoms with Crippen LogP contribution in [0.1, 0.15) is 33.4 Å². The van der Waals surface area contributed by atoms with Crippen LogP contribution in [0.2, 0.25) is 0 Å². The van der Waals surface area contributed by atoms with Gasteiger partial charge in [0.25, 0.3) is 0 Å². The Morgan fingerprint density at radius 2 is 0.750 bits per heavy atom. The molecule has 9 aromatic carbocycles. The third-order valence-electron chi connectivity index (χ3n) is 11.6. The molecular formula is C52H28N4. The fraction of sp³-hybridized carbons (Fsp3) is 0.0385. The molecule has 0 saturated heterocycles. The molecular weight excluding hydrogens is 681 g/mol. The van der Waals surface area contributed by atoms with Crippen molar-refractivity contribution in [2.45, 2.75) is 13.8 Å². The summed E-state index contributed by atoms with van der Waals surface area (Å²) in [5.41, 5.74) is 15.5. The Labute approximate surface area is 323 Å². The van der Waals surface area contributed by atoms with Crippen LogP contribution in [-0.2, 0) is 0 Å². The molecule has 9 aromatic rings. The fourth-order valence-electron chi connectivity index (χ4n) is 8.96. The Bertz CT molecular complexity index is 3410. The highest BCUT2D eigenvalue weighted by Gasteiger charge is 2.26. The van der Waals surface area contributed by atoms with Crippen LogP contribution in [-0.4, -0.2) is 0 Å². The van der Waals surface area contributed by atoms with E-state index in [1.165, 1.54) is 27.6 Å². The first-order valence-electron chi connectivity index (χ1n) is 18.4. The highest BCUT2D eigenvalue weighted by Crippen LogP contribution is 2.53. The molecule has 0 bridgehead atoms. The molecule has 1 aliphatic carbocycles. The summed E-state index contributed by atoms with van der Waals surface area (Å²) in [4.78, 5) is 0. The Kier molecular flexibility index (Phi) is 7.15. The molecule has 4 nitrogen and oxygen atoms in total. The number of hydrogen-bond donors (Lipinski definition) is 0. The van der Waals surface area contributed by atoms with E-state index in [-0.39, 0.29) is 0 Å². The Hall–Kier alpha value is -8.02. The molecule has 0 saturated carbocycles. The molecule has 0 spiro atoms. The minimum atomic E-state index is 0.581. The van der Waals surface area contributed by atoms with E-state index in [0.29, 0.717) is 22.3 Å². The number of fused-ring (bicyclic) bond motifs is 8. The van der Waals surface area contributed by atoms with Crippen molar-refractivity contribution in [1.82, 2.24) is 0 Å². The maximum Gasteiger partial charge on any atom is 0.0991 e. The van der Waals surface area contributed by atoms with Gasteiger partial charge in [0.1, 0.15) is 0 Å². The summed E-state index contributed by atoms with van der Waals surface area (Å²) in [6.07, 6.45) is 0. The maximum absolute atomic E-state index is 10.0. The van der Waals surface area contributed by atoms with Gasteiger partial charge in [0.05, 0.1) is 46.5 Å². The zero-order valence-corrected chi connectivity index (χ0v) is 30.5. The lowest BCUT2D eigenvalue weighted by atomic mass is 9.84. The van der Waals surface area contributed by atoms with Crippen LogP contribution in [0.4, 0.5) is 0 Å². The standard InChI is InChI=1S/C52H28N4/c1-29-18-32(26-54)8-13-36(29)44-22-50-46(39-15-10-34(28-56)20-43(39)44)21-45(37-14-9-33(27-55)19-30(37)2)49-23-47-41-5-3-4-40-38(35-11-6-31(25-53)7-12-35)16-17-42(52(40)41)48(47)24-51(49)50/h3-24H,1-2H3. The van der Waals surface area contributed by atoms with Crippen LogP contribution in [0.5, 0.6) is 0 Å².